The van der Waals surface area contributed by atoms with E-state index in [2.05, 4.69) is 5.10 Å². The largest absolute Gasteiger partial charge is 0.505 e. The molecule has 20 heavy (non-hydrogen) atoms. The SMILES string of the molecule is CCc1cc(Cl)cc(Cl)c1-c1c(O)c(C)nn(C)c1=O. The van der Waals surface area contributed by atoms with Gasteiger partial charge in [-0.1, -0.05) is 30.1 Å². The third kappa shape index (κ3) is 2.41. The number of hydrogen-bond donors (Lipinski definition) is 1. The van der Waals surface area contributed by atoms with Gasteiger partial charge in [0.1, 0.15) is 5.69 Å². The number of hydrogen-bond acceptors (Lipinski definition) is 3. The summed E-state index contributed by atoms with van der Waals surface area (Å²) in [5.74, 6) is -0.146. The maximum Gasteiger partial charge on any atom is 0.278 e. The first-order valence-corrected chi connectivity index (χ1v) is 6.87. The van der Waals surface area contributed by atoms with E-state index in [0.717, 1.165) is 5.56 Å². The lowest BCUT2D eigenvalue weighted by Crippen LogP contribution is -2.22. The summed E-state index contributed by atoms with van der Waals surface area (Å²) < 4.78 is 1.19. The van der Waals surface area contributed by atoms with Crippen molar-refractivity contribution in [1.82, 2.24) is 9.78 Å². The van der Waals surface area contributed by atoms with Gasteiger partial charge in [-0.05, 0) is 31.0 Å². The molecule has 0 saturated carbocycles. The third-order valence-corrected chi connectivity index (χ3v) is 3.67. The molecule has 6 heteroatoms. The highest BCUT2D eigenvalue weighted by Gasteiger charge is 2.20. The zero-order valence-electron chi connectivity index (χ0n) is 11.4. The van der Waals surface area contributed by atoms with Crippen molar-refractivity contribution in [2.24, 2.45) is 7.05 Å². The predicted octanol–water partition coefficient (Wildman–Crippen LogP) is 3.33. The molecule has 0 atom stereocenters. The number of benzene rings is 1. The minimum Gasteiger partial charge on any atom is -0.505 e. The number of aromatic hydroxyl groups is 1. The molecule has 0 amide bonds. The van der Waals surface area contributed by atoms with Gasteiger partial charge in [0.25, 0.3) is 5.56 Å². The lowest BCUT2D eigenvalue weighted by molar-refractivity contribution is 0.460. The van der Waals surface area contributed by atoms with Crippen molar-refractivity contribution in [2.75, 3.05) is 0 Å². The number of aryl methyl sites for hydroxylation is 3. The molecule has 0 aliphatic rings. The molecule has 0 fully saturated rings. The van der Waals surface area contributed by atoms with Crippen LogP contribution in [-0.4, -0.2) is 14.9 Å². The van der Waals surface area contributed by atoms with E-state index in [0.29, 0.717) is 27.7 Å². The Balaban J connectivity index is 2.92. The lowest BCUT2D eigenvalue weighted by atomic mass is 9.98. The highest BCUT2D eigenvalue weighted by atomic mass is 35.5. The van der Waals surface area contributed by atoms with Crippen LogP contribution in [0.5, 0.6) is 5.75 Å². The fourth-order valence-corrected chi connectivity index (χ4v) is 2.80. The second-order valence-electron chi connectivity index (χ2n) is 4.51. The Morgan fingerprint density at radius 2 is 1.95 bits per heavy atom. The van der Waals surface area contributed by atoms with Gasteiger partial charge < -0.3 is 5.11 Å². The highest BCUT2D eigenvalue weighted by Crippen LogP contribution is 2.37. The van der Waals surface area contributed by atoms with Crippen molar-refractivity contribution in [2.45, 2.75) is 20.3 Å². The molecule has 0 aliphatic heterocycles. The summed E-state index contributed by atoms with van der Waals surface area (Å²) in [7, 11) is 1.54. The molecule has 0 spiro atoms. The molecule has 1 aromatic carbocycles. The molecular formula is C14H14Cl2N2O2. The minimum absolute atomic E-state index is 0.146. The van der Waals surface area contributed by atoms with Crippen LogP contribution in [0, 0.1) is 6.92 Å². The van der Waals surface area contributed by atoms with Gasteiger partial charge in [0.15, 0.2) is 5.75 Å². The Hall–Kier alpha value is -1.52. The number of halogens is 2. The molecular weight excluding hydrogens is 299 g/mol. The normalized spacial score (nSPS) is 10.8. The summed E-state index contributed by atoms with van der Waals surface area (Å²) in [5.41, 5.74) is 1.46. The second kappa shape index (κ2) is 5.46. The Morgan fingerprint density at radius 1 is 1.30 bits per heavy atom. The lowest BCUT2D eigenvalue weighted by Gasteiger charge is -2.14. The molecule has 1 N–H and O–H groups in total. The van der Waals surface area contributed by atoms with E-state index in [-0.39, 0.29) is 11.3 Å². The monoisotopic (exact) mass is 312 g/mol. The molecule has 0 unspecified atom stereocenters. The Morgan fingerprint density at radius 3 is 2.55 bits per heavy atom. The maximum absolute atomic E-state index is 12.3. The molecule has 1 heterocycles. The van der Waals surface area contributed by atoms with Gasteiger partial charge in [0.2, 0.25) is 0 Å². The molecule has 4 nitrogen and oxygen atoms in total. The number of aromatic nitrogens is 2. The second-order valence-corrected chi connectivity index (χ2v) is 5.36. The van der Waals surface area contributed by atoms with E-state index in [1.807, 2.05) is 6.92 Å². The summed E-state index contributed by atoms with van der Waals surface area (Å²) in [5, 5.41) is 15.0. The molecule has 0 radical (unpaired) electrons. The maximum atomic E-state index is 12.3. The number of nitrogens with zero attached hydrogens (tertiary/aromatic N) is 2. The molecule has 0 aliphatic carbocycles. The van der Waals surface area contributed by atoms with Crippen molar-refractivity contribution in [3.63, 3.8) is 0 Å². The summed E-state index contributed by atoms with van der Waals surface area (Å²) in [6.45, 7) is 3.56. The van der Waals surface area contributed by atoms with Crippen LogP contribution in [0.25, 0.3) is 11.1 Å². The van der Waals surface area contributed by atoms with Crippen LogP contribution in [0.15, 0.2) is 16.9 Å². The van der Waals surface area contributed by atoms with E-state index in [1.165, 1.54) is 11.7 Å². The van der Waals surface area contributed by atoms with Crippen LogP contribution >= 0.6 is 23.2 Å². The van der Waals surface area contributed by atoms with Gasteiger partial charge >= 0.3 is 0 Å². The average Bonchev–Trinajstić information content (AvgIpc) is 2.38. The van der Waals surface area contributed by atoms with Crippen molar-refractivity contribution in [3.05, 3.63) is 43.8 Å². The predicted molar refractivity (Wildman–Crippen MR) is 80.7 cm³/mol. The first-order chi connectivity index (χ1) is 9.36. The molecule has 0 saturated heterocycles. The Labute approximate surface area is 126 Å². The van der Waals surface area contributed by atoms with Crippen LogP contribution in [0.2, 0.25) is 10.0 Å². The van der Waals surface area contributed by atoms with E-state index < -0.39 is 5.56 Å². The Bertz CT molecular complexity index is 739. The van der Waals surface area contributed by atoms with Gasteiger partial charge in [0.05, 0.1) is 10.6 Å². The van der Waals surface area contributed by atoms with Gasteiger partial charge in [-0.3, -0.25) is 4.79 Å². The quantitative estimate of drug-likeness (QED) is 0.925. The molecule has 2 aromatic rings. The summed E-state index contributed by atoms with van der Waals surface area (Å²) in [6.07, 6.45) is 0.638. The van der Waals surface area contributed by atoms with Crippen molar-refractivity contribution in [1.29, 1.82) is 0 Å². The van der Waals surface area contributed by atoms with E-state index in [9.17, 15) is 9.90 Å². The zero-order chi connectivity index (χ0) is 15.0. The van der Waals surface area contributed by atoms with Gasteiger partial charge in [0, 0.05) is 17.6 Å². The zero-order valence-corrected chi connectivity index (χ0v) is 12.9. The van der Waals surface area contributed by atoms with E-state index in [4.69, 9.17) is 23.2 Å². The topological polar surface area (TPSA) is 55.1 Å². The van der Waals surface area contributed by atoms with Crippen LogP contribution in [0.4, 0.5) is 0 Å². The molecule has 2 rings (SSSR count). The Kier molecular flexibility index (Phi) is 4.06. The summed E-state index contributed by atoms with van der Waals surface area (Å²) in [4.78, 5) is 12.3. The molecule has 106 valence electrons. The summed E-state index contributed by atoms with van der Waals surface area (Å²) >= 11 is 12.2. The standard InChI is InChI=1S/C14H14Cl2N2O2/c1-4-8-5-9(15)6-10(16)11(8)12-13(19)7(2)17-18(3)14(12)20/h5-6,19H,4H2,1-3H3. The first kappa shape index (κ1) is 14.9. The first-order valence-electron chi connectivity index (χ1n) is 6.12. The van der Waals surface area contributed by atoms with E-state index >= 15 is 0 Å². The van der Waals surface area contributed by atoms with E-state index in [1.54, 1.807) is 19.1 Å². The van der Waals surface area contributed by atoms with Crippen molar-refractivity contribution < 1.29 is 5.11 Å². The fourth-order valence-electron chi connectivity index (χ4n) is 2.17. The summed E-state index contributed by atoms with van der Waals surface area (Å²) in [6, 6.07) is 3.31. The van der Waals surface area contributed by atoms with Crippen LogP contribution in [0.3, 0.4) is 0 Å². The van der Waals surface area contributed by atoms with Crippen molar-refractivity contribution >= 4 is 23.2 Å². The van der Waals surface area contributed by atoms with Gasteiger partial charge in [-0.25, -0.2) is 4.68 Å². The molecule has 1 aromatic heterocycles. The van der Waals surface area contributed by atoms with Gasteiger partial charge in [-0.2, -0.15) is 5.10 Å². The minimum atomic E-state index is -0.396. The average molecular weight is 313 g/mol. The number of rotatable bonds is 2. The van der Waals surface area contributed by atoms with Crippen molar-refractivity contribution in [3.8, 4) is 16.9 Å². The van der Waals surface area contributed by atoms with Gasteiger partial charge in [-0.15, -0.1) is 0 Å². The smallest absolute Gasteiger partial charge is 0.278 e. The van der Waals surface area contributed by atoms with Crippen LogP contribution in [0.1, 0.15) is 18.2 Å². The highest BCUT2D eigenvalue weighted by molar-refractivity contribution is 6.36. The fraction of sp³-hybridized carbons (Fsp3) is 0.286. The third-order valence-electron chi connectivity index (χ3n) is 3.15. The van der Waals surface area contributed by atoms with Crippen LogP contribution in [-0.2, 0) is 13.5 Å². The molecule has 0 bridgehead atoms. The van der Waals surface area contributed by atoms with Crippen LogP contribution < -0.4 is 5.56 Å².